The first kappa shape index (κ1) is 12.7. The van der Waals surface area contributed by atoms with E-state index < -0.39 is 0 Å². The fraction of sp³-hybridized carbons (Fsp3) is 0.267. The van der Waals surface area contributed by atoms with E-state index in [2.05, 4.69) is 31.3 Å². The normalized spacial score (nSPS) is 11.1. The van der Waals surface area contributed by atoms with E-state index in [9.17, 15) is 0 Å². The molecule has 5 heteroatoms. The zero-order valence-electron chi connectivity index (χ0n) is 11.6. The summed E-state index contributed by atoms with van der Waals surface area (Å²) in [6.07, 6.45) is 2.54. The molecule has 0 unspecified atom stereocenters. The monoisotopic (exact) mass is 267 g/mol. The standard InChI is InChI=1S/C15H17N5/c1-10-7-13(20-15(19-10)5-6-16-2)11-3-4-12-14(8-11)18-9-17-12/h3-4,7-9,16H,5-6H2,1-2H3,(H,17,18). The maximum atomic E-state index is 4.65. The summed E-state index contributed by atoms with van der Waals surface area (Å²) in [6.45, 7) is 2.88. The van der Waals surface area contributed by atoms with Crippen molar-refractivity contribution < 1.29 is 0 Å². The Labute approximate surface area is 117 Å². The second-order valence-electron chi connectivity index (χ2n) is 4.80. The van der Waals surface area contributed by atoms with E-state index in [1.165, 1.54) is 0 Å². The van der Waals surface area contributed by atoms with Crippen LogP contribution < -0.4 is 5.32 Å². The third kappa shape index (κ3) is 2.53. The molecular formula is C15H17N5. The first-order valence-electron chi connectivity index (χ1n) is 6.69. The van der Waals surface area contributed by atoms with E-state index in [1.54, 1.807) is 6.33 Å². The maximum Gasteiger partial charge on any atom is 0.130 e. The molecule has 0 atom stereocenters. The summed E-state index contributed by atoms with van der Waals surface area (Å²) < 4.78 is 0. The predicted molar refractivity (Wildman–Crippen MR) is 79.5 cm³/mol. The number of aromatic nitrogens is 4. The van der Waals surface area contributed by atoms with Gasteiger partial charge in [-0.1, -0.05) is 6.07 Å². The van der Waals surface area contributed by atoms with E-state index in [1.807, 2.05) is 32.2 Å². The quantitative estimate of drug-likeness (QED) is 0.759. The van der Waals surface area contributed by atoms with Crippen molar-refractivity contribution in [2.75, 3.05) is 13.6 Å². The number of rotatable bonds is 4. The minimum atomic E-state index is 0.831. The number of nitrogens with one attached hydrogen (secondary N) is 2. The molecule has 2 heterocycles. The van der Waals surface area contributed by atoms with Gasteiger partial charge < -0.3 is 10.3 Å². The highest BCUT2D eigenvalue weighted by atomic mass is 14.9. The van der Waals surface area contributed by atoms with Crippen LogP contribution >= 0.6 is 0 Å². The molecule has 0 saturated heterocycles. The lowest BCUT2D eigenvalue weighted by molar-refractivity contribution is 0.752. The first-order chi connectivity index (χ1) is 9.76. The summed E-state index contributed by atoms with van der Waals surface area (Å²) in [5.74, 6) is 0.874. The summed E-state index contributed by atoms with van der Waals surface area (Å²) in [6, 6.07) is 8.14. The van der Waals surface area contributed by atoms with Crippen LogP contribution in [0.4, 0.5) is 0 Å². The molecular weight excluding hydrogens is 250 g/mol. The number of hydrogen-bond donors (Lipinski definition) is 2. The van der Waals surface area contributed by atoms with Crippen molar-refractivity contribution in [2.45, 2.75) is 13.3 Å². The molecule has 3 aromatic rings. The van der Waals surface area contributed by atoms with Crippen molar-refractivity contribution in [2.24, 2.45) is 0 Å². The van der Waals surface area contributed by atoms with Crippen LogP contribution in [0.3, 0.4) is 0 Å². The molecule has 5 nitrogen and oxygen atoms in total. The van der Waals surface area contributed by atoms with Crippen LogP contribution in [0.15, 0.2) is 30.6 Å². The Kier molecular flexibility index (Phi) is 3.43. The van der Waals surface area contributed by atoms with Gasteiger partial charge in [0, 0.05) is 24.2 Å². The first-order valence-corrected chi connectivity index (χ1v) is 6.69. The molecule has 0 spiro atoms. The lowest BCUT2D eigenvalue weighted by Crippen LogP contribution is -2.12. The fourth-order valence-electron chi connectivity index (χ4n) is 2.22. The molecule has 0 radical (unpaired) electrons. The minimum absolute atomic E-state index is 0.831. The van der Waals surface area contributed by atoms with Crippen LogP contribution in [0.25, 0.3) is 22.3 Å². The second kappa shape index (κ2) is 5.38. The number of fused-ring (bicyclic) bond motifs is 1. The fourth-order valence-corrected chi connectivity index (χ4v) is 2.22. The van der Waals surface area contributed by atoms with Crippen LogP contribution in [-0.2, 0) is 6.42 Å². The smallest absolute Gasteiger partial charge is 0.130 e. The van der Waals surface area contributed by atoms with Crippen LogP contribution in [-0.4, -0.2) is 33.5 Å². The zero-order chi connectivity index (χ0) is 13.9. The van der Waals surface area contributed by atoms with Crippen molar-refractivity contribution in [3.05, 3.63) is 42.1 Å². The Bertz CT molecular complexity index is 732. The van der Waals surface area contributed by atoms with Gasteiger partial charge in [0.05, 0.1) is 23.1 Å². The van der Waals surface area contributed by atoms with Crippen LogP contribution in [0.5, 0.6) is 0 Å². The van der Waals surface area contributed by atoms with Gasteiger partial charge in [-0.25, -0.2) is 15.0 Å². The van der Waals surface area contributed by atoms with Crippen molar-refractivity contribution in [1.29, 1.82) is 0 Å². The number of likely N-dealkylation sites (N-methyl/N-ethyl adjacent to an activating group) is 1. The lowest BCUT2D eigenvalue weighted by atomic mass is 10.1. The number of aromatic amines is 1. The molecule has 3 rings (SSSR count). The van der Waals surface area contributed by atoms with Gasteiger partial charge in [-0.15, -0.1) is 0 Å². The highest BCUT2D eigenvalue weighted by Crippen LogP contribution is 2.21. The highest BCUT2D eigenvalue weighted by molar-refractivity contribution is 5.80. The van der Waals surface area contributed by atoms with E-state index in [-0.39, 0.29) is 0 Å². The summed E-state index contributed by atoms with van der Waals surface area (Å²) in [4.78, 5) is 16.5. The van der Waals surface area contributed by atoms with Gasteiger partial charge in [0.1, 0.15) is 5.82 Å². The lowest BCUT2D eigenvalue weighted by Gasteiger charge is -2.06. The molecule has 0 aliphatic heterocycles. The molecule has 20 heavy (non-hydrogen) atoms. The van der Waals surface area contributed by atoms with Gasteiger partial charge in [-0.05, 0) is 32.2 Å². The Morgan fingerprint density at radius 2 is 2.10 bits per heavy atom. The molecule has 0 fully saturated rings. The molecule has 2 aromatic heterocycles. The summed E-state index contributed by atoms with van der Waals surface area (Å²) >= 11 is 0. The highest BCUT2D eigenvalue weighted by Gasteiger charge is 2.06. The third-order valence-electron chi connectivity index (χ3n) is 3.22. The van der Waals surface area contributed by atoms with Crippen molar-refractivity contribution in [3.8, 4) is 11.3 Å². The van der Waals surface area contributed by atoms with Crippen LogP contribution in [0.1, 0.15) is 11.5 Å². The molecule has 0 amide bonds. The number of imidazole rings is 1. The zero-order valence-corrected chi connectivity index (χ0v) is 11.6. The number of benzene rings is 1. The van der Waals surface area contributed by atoms with Crippen molar-refractivity contribution in [1.82, 2.24) is 25.3 Å². The Morgan fingerprint density at radius 3 is 2.95 bits per heavy atom. The SMILES string of the molecule is CNCCc1nc(C)cc(-c2ccc3nc[nH]c3c2)n1. The van der Waals surface area contributed by atoms with Gasteiger partial charge in [0.25, 0.3) is 0 Å². The van der Waals surface area contributed by atoms with E-state index in [0.717, 1.165) is 46.8 Å². The Hall–Kier alpha value is -2.27. The largest absolute Gasteiger partial charge is 0.345 e. The summed E-state index contributed by atoms with van der Waals surface area (Å²) in [5, 5.41) is 3.12. The van der Waals surface area contributed by atoms with E-state index >= 15 is 0 Å². The Balaban J connectivity index is 2.01. The minimum Gasteiger partial charge on any atom is -0.345 e. The Morgan fingerprint density at radius 1 is 1.20 bits per heavy atom. The van der Waals surface area contributed by atoms with E-state index in [4.69, 9.17) is 0 Å². The number of H-pyrrole nitrogens is 1. The topological polar surface area (TPSA) is 66.5 Å². The van der Waals surface area contributed by atoms with Gasteiger partial charge in [-0.2, -0.15) is 0 Å². The average Bonchev–Trinajstić information content (AvgIpc) is 2.92. The molecule has 1 aromatic carbocycles. The van der Waals surface area contributed by atoms with Gasteiger partial charge in [0.2, 0.25) is 0 Å². The molecule has 102 valence electrons. The van der Waals surface area contributed by atoms with Crippen molar-refractivity contribution in [3.63, 3.8) is 0 Å². The average molecular weight is 267 g/mol. The summed E-state index contributed by atoms with van der Waals surface area (Å²) in [7, 11) is 1.93. The van der Waals surface area contributed by atoms with Gasteiger partial charge in [0.15, 0.2) is 0 Å². The maximum absolute atomic E-state index is 4.65. The molecule has 0 aliphatic carbocycles. The van der Waals surface area contributed by atoms with Gasteiger partial charge >= 0.3 is 0 Å². The number of hydrogen-bond acceptors (Lipinski definition) is 4. The molecule has 2 N–H and O–H groups in total. The summed E-state index contributed by atoms with van der Waals surface area (Å²) in [5.41, 5.74) is 5.02. The molecule has 0 saturated carbocycles. The van der Waals surface area contributed by atoms with Crippen molar-refractivity contribution >= 4 is 11.0 Å². The molecule has 0 bridgehead atoms. The van der Waals surface area contributed by atoms with Gasteiger partial charge in [-0.3, -0.25) is 0 Å². The second-order valence-corrected chi connectivity index (χ2v) is 4.80. The third-order valence-corrected chi connectivity index (χ3v) is 3.22. The van der Waals surface area contributed by atoms with E-state index in [0.29, 0.717) is 0 Å². The number of nitrogens with zero attached hydrogens (tertiary/aromatic N) is 3. The van der Waals surface area contributed by atoms with Crippen LogP contribution in [0.2, 0.25) is 0 Å². The number of aryl methyl sites for hydroxylation is 1. The molecule has 0 aliphatic rings. The van der Waals surface area contributed by atoms with Crippen LogP contribution in [0, 0.1) is 6.92 Å². The predicted octanol–water partition coefficient (Wildman–Crippen LogP) is 2.09.